The van der Waals surface area contributed by atoms with Gasteiger partial charge in [-0.25, -0.2) is 0 Å². The van der Waals surface area contributed by atoms with Crippen molar-refractivity contribution in [3.63, 3.8) is 0 Å². The van der Waals surface area contributed by atoms with Gasteiger partial charge in [0, 0.05) is 5.92 Å². The maximum Gasteiger partial charge on any atom is 0.00900 e. The molecule has 1 aliphatic carbocycles. The van der Waals surface area contributed by atoms with Crippen LogP contribution in [0.15, 0.2) is 78.4 Å². The van der Waals surface area contributed by atoms with Crippen molar-refractivity contribution in [2.75, 3.05) is 0 Å². The van der Waals surface area contributed by atoms with E-state index in [0.717, 1.165) is 5.57 Å². The zero-order valence-corrected chi connectivity index (χ0v) is 14.2. The molecule has 0 nitrogen and oxygen atoms in total. The van der Waals surface area contributed by atoms with Crippen LogP contribution in [0.1, 0.15) is 31.9 Å². The molecule has 0 saturated carbocycles. The van der Waals surface area contributed by atoms with E-state index < -0.39 is 0 Å². The van der Waals surface area contributed by atoms with E-state index in [-0.39, 0.29) is 0 Å². The molecule has 2 rings (SSSR count). The highest BCUT2D eigenvalue weighted by molar-refractivity contribution is 5.78. The van der Waals surface area contributed by atoms with Crippen LogP contribution in [-0.4, -0.2) is 0 Å². The van der Waals surface area contributed by atoms with Gasteiger partial charge in [-0.3, -0.25) is 0 Å². The average molecular weight is 290 g/mol. The van der Waals surface area contributed by atoms with Crippen LogP contribution in [0.5, 0.6) is 0 Å². The Morgan fingerprint density at radius 3 is 2.32 bits per heavy atom. The first-order valence-electron chi connectivity index (χ1n) is 7.95. The van der Waals surface area contributed by atoms with Crippen molar-refractivity contribution in [1.29, 1.82) is 0 Å². The zero-order chi connectivity index (χ0) is 16.3. The van der Waals surface area contributed by atoms with Crippen molar-refractivity contribution < 1.29 is 0 Å². The van der Waals surface area contributed by atoms with Crippen LogP contribution in [-0.2, 0) is 0 Å². The Kier molecular flexibility index (Phi) is 5.03. The predicted octanol–water partition coefficient (Wildman–Crippen LogP) is 6.28. The largest absolute Gasteiger partial charge is 0.0949 e. The van der Waals surface area contributed by atoms with Crippen LogP contribution < -0.4 is 0 Å². The Labute approximate surface area is 135 Å². The summed E-state index contributed by atoms with van der Waals surface area (Å²) in [6.45, 7) is 17.2. The Morgan fingerprint density at radius 2 is 1.77 bits per heavy atom. The lowest BCUT2D eigenvalue weighted by atomic mass is 9.73. The Bertz CT molecular complexity index is 662. The molecule has 0 bridgehead atoms. The fraction of sp³-hybridized carbons (Fsp3) is 0.273. The fourth-order valence-electron chi connectivity index (χ4n) is 3.10. The summed E-state index contributed by atoms with van der Waals surface area (Å²) in [5.41, 5.74) is 7.34. The first-order valence-corrected chi connectivity index (χ1v) is 7.95. The lowest BCUT2D eigenvalue weighted by Gasteiger charge is -2.31. The molecule has 1 aliphatic rings. The molecule has 1 aromatic carbocycles. The normalized spacial score (nSPS) is 23.9. The molecular weight excluding hydrogens is 264 g/mol. The maximum atomic E-state index is 4.35. The summed E-state index contributed by atoms with van der Waals surface area (Å²) in [6, 6.07) is 8.60. The van der Waals surface area contributed by atoms with E-state index in [4.69, 9.17) is 0 Å². The Morgan fingerprint density at radius 1 is 1.14 bits per heavy atom. The molecule has 0 saturated heterocycles. The summed E-state index contributed by atoms with van der Waals surface area (Å²) in [4.78, 5) is 0. The first-order chi connectivity index (χ1) is 10.5. The topological polar surface area (TPSA) is 0 Å². The Hall–Kier alpha value is -2.08. The van der Waals surface area contributed by atoms with Gasteiger partial charge in [0.1, 0.15) is 0 Å². The molecule has 0 heteroatoms. The van der Waals surface area contributed by atoms with Gasteiger partial charge in [0.2, 0.25) is 0 Å². The van der Waals surface area contributed by atoms with Gasteiger partial charge in [-0.05, 0) is 54.5 Å². The van der Waals surface area contributed by atoms with Gasteiger partial charge in [0.15, 0.2) is 0 Å². The summed E-state index contributed by atoms with van der Waals surface area (Å²) >= 11 is 0. The number of benzene rings is 1. The molecule has 0 aliphatic heterocycles. The summed E-state index contributed by atoms with van der Waals surface area (Å²) in [7, 11) is 0. The lowest BCUT2D eigenvalue weighted by Crippen LogP contribution is -2.19. The van der Waals surface area contributed by atoms with Crippen molar-refractivity contribution >= 4 is 5.57 Å². The molecule has 0 heterocycles. The van der Waals surface area contributed by atoms with Gasteiger partial charge in [-0.2, -0.15) is 0 Å². The molecule has 0 aromatic heterocycles. The molecule has 2 atom stereocenters. The molecule has 2 unspecified atom stereocenters. The summed E-state index contributed by atoms with van der Waals surface area (Å²) in [5.74, 6) is 0.736. The van der Waals surface area contributed by atoms with E-state index in [1.807, 2.05) is 0 Å². The SMILES string of the molecule is C=C(C(=CC)C1C=CC(=CC)C(=C)C1C)c1ccc(C)cc1. The molecule has 0 N–H and O–H groups in total. The molecule has 0 fully saturated rings. The predicted molar refractivity (Wildman–Crippen MR) is 98.7 cm³/mol. The van der Waals surface area contributed by atoms with Crippen LogP contribution >= 0.6 is 0 Å². The fourth-order valence-corrected chi connectivity index (χ4v) is 3.10. The van der Waals surface area contributed by atoms with Crippen LogP contribution in [0, 0.1) is 18.8 Å². The minimum absolute atomic E-state index is 0.343. The van der Waals surface area contributed by atoms with Crippen molar-refractivity contribution in [2.45, 2.75) is 27.7 Å². The van der Waals surface area contributed by atoms with Gasteiger partial charge < -0.3 is 0 Å². The van der Waals surface area contributed by atoms with Crippen LogP contribution in [0.4, 0.5) is 0 Å². The van der Waals surface area contributed by atoms with Crippen LogP contribution in [0.25, 0.3) is 5.57 Å². The quantitative estimate of drug-likeness (QED) is 0.575. The zero-order valence-electron chi connectivity index (χ0n) is 14.2. The second kappa shape index (κ2) is 6.79. The molecule has 0 radical (unpaired) electrons. The number of rotatable bonds is 3. The van der Waals surface area contributed by atoms with Crippen molar-refractivity contribution in [2.24, 2.45) is 11.8 Å². The van der Waals surface area contributed by atoms with Crippen LogP contribution in [0.2, 0.25) is 0 Å². The van der Waals surface area contributed by atoms with Crippen molar-refractivity contribution in [1.82, 2.24) is 0 Å². The molecule has 1 aromatic rings. The smallest absolute Gasteiger partial charge is 0.00900 e. The van der Waals surface area contributed by atoms with E-state index in [9.17, 15) is 0 Å². The number of hydrogen-bond donors (Lipinski definition) is 0. The lowest BCUT2D eigenvalue weighted by molar-refractivity contribution is 0.560. The van der Waals surface area contributed by atoms with Gasteiger partial charge in [0.05, 0.1) is 0 Å². The van der Waals surface area contributed by atoms with Gasteiger partial charge >= 0.3 is 0 Å². The van der Waals surface area contributed by atoms with E-state index in [1.165, 1.54) is 27.8 Å². The molecule has 0 amide bonds. The first kappa shape index (κ1) is 16.3. The van der Waals surface area contributed by atoms with E-state index in [1.54, 1.807) is 0 Å². The van der Waals surface area contributed by atoms with Gasteiger partial charge in [0.25, 0.3) is 0 Å². The molecule has 114 valence electrons. The number of allylic oxidation sites excluding steroid dienone is 8. The van der Waals surface area contributed by atoms with E-state index in [0.29, 0.717) is 11.8 Å². The van der Waals surface area contributed by atoms with Crippen LogP contribution in [0.3, 0.4) is 0 Å². The third-order valence-electron chi connectivity index (χ3n) is 4.67. The summed E-state index contributed by atoms with van der Waals surface area (Å²) < 4.78 is 0. The summed E-state index contributed by atoms with van der Waals surface area (Å²) in [5, 5.41) is 0. The summed E-state index contributed by atoms with van der Waals surface area (Å²) in [6.07, 6.45) is 8.82. The monoisotopic (exact) mass is 290 g/mol. The highest BCUT2D eigenvalue weighted by Gasteiger charge is 2.26. The van der Waals surface area contributed by atoms with Crippen molar-refractivity contribution in [3.05, 3.63) is 89.6 Å². The number of hydrogen-bond acceptors (Lipinski definition) is 0. The standard InChI is InChI=1S/C22H26/c1-7-19-13-14-22(17(5)16(19)4)21(8-2)18(6)20-11-9-15(3)10-12-20/h7-14,17,22H,4,6H2,1-3,5H3. The molecular formula is C22H26. The van der Waals surface area contributed by atoms with Gasteiger partial charge in [-0.1, -0.05) is 74.2 Å². The third-order valence-corrected chi connectivity index (χ3v) is 4.67. The Balaban J connectivity index is 2.35. The van der Waals surface area contributed by atoms with Crippen molar-refractivity contribution in [3.8, 4) is 0 Å². The van der Waals surface area contributed by atoms with E-state index >= 15 is 0 Å². The highest BCUT2D eigenvalue weighted by Crippen LogP contribution is 2.40. The van der Waals surface area contributed by atoms with E-state index in [2.05, 4.69) is 89.4 Å². The average Bonchev–Trinajstić information content (AvgIpc) is 2.52. The maximum absolute atomic E-state index is 4.35. The number of aryl methyl sites for hydroxylation is 1. The third kappa shape index (κ3) is 3.06. The second-order valence-corrected chi connectivity index (χ2v) is 6.03. The highest BCUT2D eigenvalue weighted by atomic mass is 14.3. The molecule has 22 heavy (non-hydrogen) atoms. The minimum atomic E-state index is 0.343. The van der Waals surface area contributed by atoms with Gasteiger partial charge in [-0.15, -0.1) is 0 Å². The second-order valence-electron chi connectivity index (χ2n) is 6.03. The minimum Gasteiger partial charge on any atom is -0.0949 e. The molecule has 0 spiro atoms.